The number of esters is 1. The van der Waals surface area contributed by atoms with E-state index in [-0.39, 0.29) is 12.3 Å². The maximum Gasteiger partial charge on any atom is 0.308 e. The fraction of sp³-hybridized carbons (Fsp3) is 0.167. The van der Waals surface area contributed by atoms with Crippen molar-refractivity contribution >= 4 is 17.6 Å². The van der Waals surface area contributed by atoms with Crippen LogP contribution in [-0.2, 0) is 26.5 Å². The lowest BCUT2D eigenvalue weighted by molar-refractivity contribution is -0.158. The second-order valence-electron chi connectivity index (χ2n) is 7.42. The highest BCUT2D eigenvalue weighted by molar-refractivity contribution is 6.10. The van der Waals surface area contributed by atoms with Gasteiger partial charge in [-0.2, -0.15) is 0 Å². The van der Waals surface area contributed by atoms with Crippen molar-refractivity contribution in [3.05, 3.63) is 101 Å². The van der Waals surface area contributed by atoms with Crippen LogP contribution in [-0.4, -0.2) is 11.9 Å². The van der Waals surface area contributed by atoms with Crippen molar-refractivity contribution in [2.45, 2.75) is 24.5 Å². The van der Waals surface area contributed by atoms with Gasteiger partial charge in [-0.15, -0.1) is 0 Å². The van der Waals surface area contributed by atoms with Crippen molar-refractivity contribution in [1.82, 2.24) is 0 Å². The molecule has 0 aliphatic carbocycles. The van der Waals surface area contributed by atoms with Crippen molar-refractivity contribution < 1.29 is 18.7 Å². The maximum atomic E-state index is 14.2. The van der Waals surface area contributed by atoms with Gasteiger partial charge in [0, 0.05) is 11.5 Å². The summed E-state index contributed by atoms with van der Waals surface area (Å²) in [6, 6.07) is 23.2. The van der Waals surface area contributed by atoms with Gasteiger partial charge in [-0.1, -0.05) is 60.7 Å². The van der Waals surface area contributed by atoms with Crippen molar-refractivity contribution in [3.63, 3.8) is 0 Å². The zero-order valence-electron chi connectivity index (χ0n) is 15.5. The summed E-state index contributed by atoms with van der Waals surface area (Å²) in [7, 11) is 0. The topological polar surface area (TPSA) is 46.6 Å². The first-order valence-corrected chi connectivity index (χ1v) is 9.52. The minimum Gasteiger partial charge on any atom is -0.443 e. The summed E-state index contributed by atoms with van der Waals surface area (Å²) < 4.78 is 20.0. The van der Waals surface area contributed by atoms with E-state index in [1.807, 2.05) is 60.7 Å². The molecular weight excluding hydrogens is 369 g/mol. The van der Waals surface area contributed by atoms with Crippen molar-refractivity contribution in [1.29, 1.82) is 0 Å². The third-order valence-corrected chi connectivity index (χ3v) is 5.73. The van der Waals surface area contributed by atoms with Gasteiger partial charge in [0.1, 0.15) is 5.82 Å². The molecule has 3 aromatic rings. The van der Waals surface area contributed by atoms with Crippen LogP contribution in [0.5, 0.6) is 0 Å². The first-order valence-electron chi connectivity index (χ1n) is 9.52. The molecule has 0 unspecified atom stereocenters. The quantitative estimate of drug-likeness (QED) is 0.630. The van der Waals surface area contributed by atoms with Crippen molar-refractivity contribution in [2.75, 3.05) is 4.90 Å². The monoisotopic (exact) mass is 387 g/mol. The fourth-order valence-electron chi connectivity index (χ4n) is 4.47. The van der Waals surface area contributed by atoms with Gasteiger partial charge >= 0.3 is 5.97 Å². The third-order valence-electron chi connectivity index (χ3n) is 5.73. The van der Waals surface area contributed by atoms with E-state index >= 15 is 0 Å². The molecule has 0 aromatic heterocycles. The Bertz CT molecular complexity index is 1100. The van der Waals surface area contributed by atoms with Crippen LogP contribution in [0.4, 0.5) is 10.1 Å². The molecule has 0 bridgehead atoms. The van der Waals surface area contributed by atoms with E-state index in [0.717, 1.165) is 11.1 Å². The summed E-state index contributed by atoms with van der Waals surface area (Å²) in [6.07, 6.45) is 0.0743. The number of rotatable bonds is 3. The van der Waals surface area contributed by atoms with Crippen molar-refractivity contribution in [3.8, 4) is 0 Å². The summed E-state index contributed by atoms with van der Waals surface area (Å²) in [5.74, 6) is -1.76. The summed E-state index contributed by atoms with van der Waals surface area (Å²) in [5, 5.41) is 0. The zero-order chi connectivity index (χ0) is 20.0. The molecule has 1 fully saturated rings. The maximum absolute atomic E-state index is 14.2. The Morgan fingerprint density at radius 1 is 0.966 bits per heavy atom. The van der Waals surface area contributed by atoms with Gasteiger partial charge in [0.15, 0.2) is 0 Å². The molecule has 2 aliphatic rings. The number of nitrogens with zero attached hydrogens (tertiary/aromatic N) is 1. The number of ether oxygens (including phenoxy) is 1. The number of carbonyl (C=O) groups is 2. The average molecular weight is 387 g/mol. The lowest BCUT2D eigenvalue weighted by atomic mass is 9.78. The van der Waals surface area contributed by atoms with Crippen LogP contribution >= 0.6 is 0 Å². The van der Waals surface area contributed by atoms with Gasteiger partial charge in [0.2, 0.25) is 5.60 Å². The Hall–Kier alpha value is -3.47. The molecular formula is C24H18FNO3. The Morgan fingerprint density at radius 2 is 1.66 bits per heavy atom. The SMILES string of the molecule is O=C1C[C@@H](c2ccccc2)[C@@]2(O1)C(=O)N(Cc1ccccc1)c1ccc(F)cc12. The molecule has 1 spiro atoms. The average Bonchev–Trinajstić information content (AvgIpc) is 3.20. The van der Waals surface area contributed by atoms with E-state index < -0.39 is 23.3 Å². The number of hydrogen-bond donors (Lipinski definition) is 0. The second-order valence-corrected chi connectivity index (χ2v) is 7.42. The number of carbonyl (C=O) groups excluding carboxylic acids is 2. The van der Waals surface area contributed by atoms with Crippen LogP contribution < -0.4 is 4.90 Å². The smallest absolute Gasteiger partial charge is 0.308 e. The predicted molar refractivity (Wildman–Crippen MR) is 106 cm³/mol. The van der Waals surface area contributed by atoms with E-state index in [2.05, 4.69) is 0 Å². The molecule has 2 atom stereocenters. The van der Waals surface area contributed by atoms with Crippen LogP contribution in [0.2, 0.25) is 0 Å². The Kier molecular flexibility index (Phi) is 3.98. The normalized spacial score (nSPS) is 22.8. The number of halogens is 1. The highest BCUT2D eigenvalue weighted by Crippen LogP contribution is 2.55. The summed E-state index contributed by atoms with van der Waals surface area (Å²) in [5.41, 5.74) is 1.22. The van der Waals surface area contributed by atoms with E-state index in [1.165, 1.54) is 12.1 Å². The zero-order valence-corrected chi connectivity index (χ0v) is 15.5. The number of benzene rings is 3. The van der Waals surface area contributed by atoms with Gasteiger partial charge in [0.05, 0.1) is 18.7 Å². The van der Waals surface area contributed by atoms with E-state index in [1.54, 1.807) is 11.0 Å². The molecule has 0 saturated carbocycles. The van der Waals surface area contributed by atoms with Crippen LogP contribution in [0.25, 0.3) is 0 Å². The lowest BCUT2D eigenvalue weighted by Crippen LogP contribution is -2.43. The molecule has 1 saturated heterocycles. The first kappa shape index (κ1) is 17.6. The Morgan fingerprint density at radius 3 is 2.38 bits per heavy atom. The standard InChI is InChI=1S/C24H18FNO3/c25-18-11-12-21-20(13-18)24(23(28)26(21)15-16-7-3-1-4-8-16)19(14-22(27)29-24)17-9-5-2-6-10-17/h1-13,19H,14-15H2/t19-,24-/m0/s1. The highest BCUT2D eigenvalue weighted by Gasteiger charge is 2.63. The molecule has 5 rings (SSSR count). The Balaban J connectivity index is 1.68. The summed E-state index contributed by atoms with van der Waals surface area (Å²) in [6.45, 7) is 0.319. The van der Waals surface area contributed by atoms with Gasteiger partial charge in [-0.25, -0.2) is 4.39 Å². The van der Waals surface area contributed by atoms with Crippen LogP contribution in [0.1, 0.15) is 29.0 Å². The predicted octanol–water partition coefficient (Wildman–Crippen LogP) is 4.30. The van der Waals surface area contributed by atoms with Gasteiger partial charge in [0.25, 0.3) is 5.91 Å². The van der Waals surface area contributed by atoms with E-state index in [9.17, 15) is 14.0 Å². The van der Waals surface area contributed by atoms with Crippen LogP contribution in [0.15, 0.2) is 78.9 Å². The summed E-state index contributed by atoms with van der Waals surface area (Å²) in [4.78, 5) is 27.8. The molecule has 1 amide bonds. The van der Waals surface area contributed by atoms with Crippen LogP contribution in [0.3, 0.4) is 0 Å². The largest absolute Gasteiger partial charge is 0.443 e. The lowest BCUT2D eigenvalue weighted by Gasteiger charge is -2.29. The minimum absolute atomic E-state index is 0.0743. The van der Waals surface area contributed by atoms with Crippen LogP contribution in [0, 0.1) is 5.82 Å². The fourth-order valence-corrected chi connectivity index (χ4v) is 4.47. The van der Waals surface area contributed by atoms with Gasteiger partial charge in [-0.05, 0) is 29.3 Å². The van der Waals surface area contributed by atoms with Gasteiger partial charge in [-0.3, -0.25) is 9.59 Å². The summed E-state index contributed by atoms with van der Waals surface area (Å²) >= 11 is 0. The molecule has 29 heavy (non-hydrogen) atoms. The highest BCUT2D eigenvalue weighted by atomic mass is 19.1. The number of anilines is 1. The third kappa shape index (κ3) is 2.65. The molecule has 5 heteroatoms. The minimum atomic E-state index is -1.54. The molecule has 144 valence electrons. The molecule has 3 aromatic carbocycles. The number of fused-ring (bicyclic) bond motifs is 2. The Labute approximate surface area is 167 Å². The molecule has 0 radical (unpaired) electrons. The molecule has 4 nitrogen and oxygen atoms in total. The van der Waals surface area contributed by atoms with E-state index in [0.29, 0.717) is 17.8 Å². The molecule has 0 N–H and O–H groups in total. The van der Waals surface area contributed by atoms with Crippen molar-refractivity contribution in [2.24, 2.45) is 0 Å². The first-order chi connectivity index (χ1) is 14.1. The van der Waals surface area contributed by atoms with E-state index in [4.69, 9.17) is 4.74 Å². The number of amides is 1. The van der Waals surface area contributed by atoms with Gasteiger partial charge < -0.3 is 9.64 Å². The molecule has 2 aliphatic heterocycles. The number of hydrogen-bond acceptors (Lipinski definition) is 3. The molecule has 2 heterocycles. The second kappa shape index (κ2) is 6.55.